The van der Waals surface area contributed by atoms with Gasteiger partial charge in [-0.05, 0) is 17.7 Å². The van der Waals surface area contributed by atoms with Crippen LogP contribution in [0.1, 0.15) is 5.56 Å². The van der Waals surface area contributed by atoms with E-state index >= 15 is 0 Å². The molecule has 1 heterocycles. The monoisotopic (exact) mass is 341 g/mol. The van der Waals surface area contributed by atoms with Gasteiger partial charge in [-0.1, -0.05) is 6.07 Å². The lowest BCUT2D eigenvalue weighted by Gasteiger charge is -2.15. The van der Waals surface area contributed by atoms with Gasteiger partial charge in [0.05, 0.1) is 52.9 Å². The Hall–Kier alpha value is -1.38. The fraction of sp³-hybridized carbons (Fsp3) is 0.647. The first-order valence-electron chi connectivity index (χ1n) is 8.29. The Morgan fingerprint density at radius 1 is 0.625 bits per heavy atom. The molecule has 1 aliphatic rings. The van der Waals surface area contributed by atoms with E-state index in [1.807, 2.05) is 18.2 Å². The molecule has 0 fully saturated rings. The van der Waals surface area contributed by atoms with Crippen molar-refractivity contribution in [2.75, 3.05) is 66.1 Å². The molecule has 0 amide bonds. The maximum atomic E-state index is 5.77. The first-order chi connectivity index (χ1) is 11.9. The summed E-state index contributed by atoms with van der Waals surface area (Å²) < 4.78 is 33.2. The quantitative estimate of drug-likeness (QED) is 0.815. The van der Waals surface area contributed by atoms with Crippen LogP contribution in [0.4, 0.5) is 0 Å². The van der Waals surface area contributed by atoms with Crippen molar-refractivity contribution in [2.24, 2.45) is 5.73 Å². The predicted octanol–water partition coefficient (Wildman–Crippen LogP) is 0.983. The molecule has 1 aromatic rings. The SMILES string of the molecule is NCc1ccc2c(c1)OCCOCCOCCOCCOCCO2. The molecule has 0 atom stereocenters. The molecular formula is C17H27NO6. The summed E-state index contributed by atoms with van der Waals surface area (Å²) in [4.78, 5) is 0. The highest BCUT2D eigenvalue weighted by atomic mass is 16.6. The fourth-order valence-electron chi connectivity index (χ4n) is 2.09. The highest BCUT2D eigenvalue weighted by molar-refractivity contribution is 5.43. The van der Waals surface area contributed by atoms with Crippen LogP contribution < -0.4 is 15.2 Å². The summed E-state index contributed by atoms with van der Waals surface area (Å²) in [6.07, 6.45) is 0. The van der Waals surface area contributed by atoms with Crippen molar-refractivity contribution in [3.8, 4) is 11.5 Å². The van der Waals surface area contributed by atoms with Crippen molar-refractivity contribution in [3.05, 3.63) is 23.8 Å². The Labute approximate surface area is 142 Å². The van der Waals surface area contributed by atoms with Gasteiger partial charge in [-0.3, -0.25) is 0 Å². The van der Waals surface area contributed by atoms with Crippen molar-refractivity contribution in [2.45, 2.75) is 6.54 Å². The van der Waals surface area contributed by atoms with E-state index in [1.54, 1.807) is 0 Å². The molecule has 2 rings (SSSR count). The third kappa shape index (κ3) is 7.46. The molecule has 24 heavy (non-hydrogen) atoms. The van der Waals surface area contributed by atoms with E-state index in [4.69, 9.17) is 34.2 Å². The molecule has 0 saturated carbocycles. The van der Waals surface area contributed by atoms with Gasteiger partial charge < -0.3 is 34.2 Å². The van der Waals surface area contributed by atoms with Crippen LogP contribution in [-0.4, -0.2) is 66.1 Å². The average Bonchev–Trinajstić information content (AvgIpc) is 2.61. The topological polar surface area (TPSA) is 81.4 Å². The first kappa shape index (κ1) is 19.0. The van der Waals surface area contributed by atoms with Crippen LogP contribution >= 0.6 is 0 Å². The van der Waals surface area contributed by atoms with E-state index in [0.29, 0.717) is 84.1 Å². The van der Waals surface area contributed by atoms with Crippen LogP contribution in [0.15, 0.2) is 18.2 Å². The molecule has 1 aromatic carbocycles. The second-order valence-corrected chi connectivity index (χ2v) is 5.13. The van der Waals surface area contributed by atoms with Crippen molar-refractivity contribution >= 4 is 0 Å². The molecule has 0 radical (unpaired) electrons. The third-order valence-electron chi connectivity index (χ3n) is 3.33. The molecule has 2 N–H and O–H groups in total. The van der Waals surface area contributed by atoms with Gasteiger partial charge in [0.2, 0.25) is 0 Å². The Balaban J connectivity index is 1.88. The number of hydrogen-bond acceptors (Lipinski definition) is 7. The molecule has 0 spiro atoms. The summed E-state index contributed by atoms with van der Waals surface area (Å²) in [6.45, 7) is 5.54. The second kappa shape index (κ2) is 12.0. The molecule has 0 saturated heterocycles. The van der Waals surface area contributed by atoms with E-state index in [9.17, 15) is 0 Å². The summed E-state index contributed by atoms with van der Waals surface area (Å²) in [5.74, 6) is 1.35. The maximum Gasteiger partial charge on any atom is 0.161 e. The highest BCUT2D eigenvalue weighted by Crippen LogP contribution is 2.28. The van der Waals surface area contributed by atoms with Gasteiger partial charge in [-0.15, -0.1) is 0 Å². The second-order valence-electron chi connectivity index (χ2n) is 5.13. The summed E-state index contributed by atoms with van der Waals surface area (Å²) in [5.41, 5.74) is 6.67. The number of ether oxygens (including phenoxy) is 6. The highest BCUT2D eigenvalue weighted by Gasteiger charge is 2.07. The minimum Gasteiger partial charge on any atom is -0.487 e. The van der Waals surface area contributed by atoms with Gasteiger partial charge in [-0.2, -0.15) is 0 Å². The lowest BCUT2D eigenvalue weighted by molar-refractivity contribution is -0.00842. The predicted molar refractivity (Wildman–Crippen MR) is 88.6 cm³/mol. The number of fused-ring (bicyclic) bond motifs is 1. The Kier molecular flexibility index (Phi) is 9.52. The summed E-state index contributed by atoms with van der Waals surface area (Å²) in [5, 5.41) is 0. The van der Waals surface area contributed by atoms with Crippen LogP contribution in [-0.2, 0) is 25.5 Å². The van der Waals surface area contributed by atoms with E-state index in [-0.39, 0.29) is 0 Å². The average molecular weight is 341 g/mol. The number of nitrogens with two attached hydrogens (primary N) is 1. The molecule has 7 heteroatoms. The van der Waals surface area contributed by atoms with Crippen LogP contribution in [0.3, 0.4) is 0 Å². The van der Waals surface area contributed by atoms with Gasteiger partial charge >= 0.3 is 0 Å². The summed E-state index contributed by atoms with van der Waals surface area (Å²) in [7, 11) is 0. The fourth-order valence-corrected chi connectivity index (χ4v) is 2.09. The van der Waals surface area contributed by atoms with Gasteiger partial charge in [0.1, 0.15) is 13.2 Å². The lowest BCUT2D eigenvalue weighted by atomic mass is 10.2. The Morgan fingerprint density at radius 3 is 1.58 bits per heavy atom. The van der Waals surface area contributed by atoms with Gasteiger partial charge in [-0.25, -0.2) is 0 Å². The van der Waals surface area contributed by atoms with Crippen LogP contribution in [0.5, 0.6) is 11.5 Å². The van der Waals surface area contributed by atoms with Crippen LogP contribution in [0, 0.1) is 0 Å². The van der Waals surface area contributed by atoms with E-state index in [2.05, 4.69) is 0 Å². The van der Waals surface area contributed by atoms with Gasteiger partial charge in [0.15, 0.2) is 11.5 Å². The molecule has 7 nitrogen and oxygen atoms in total. The smallest absolute Gasteiger partial charge is 0.161 e. The zero-order valence-electron chi connectivity index (χ0n) is 14.0. The van der Waals surface area contributed by atoms with Crippen molar-refractivity contribution in [1.29, 1.82) is 0 Å². The molecule has 0 unspecified atom stereocenters. The van der Waals surface area contributed by atoms with Crippen molar-refractivity contribution < 1.29 is 28.4 Å². The van der Waals surface area contributed by atoms with Crippen molar-refractivity contribution in [3.63, 3.8) is 0 Å². The number of benzene rings is 1. The van der Waals surface area contributed by atoms with E-state index in [1.165, 1.54) is 0 Å². The zero-order valence-corrected chi connectivity index (χ0v) is 14.0. The maximum absolute atomic E-state index is 5.77. The normalized spacial score (nSPS) is 19.2. The minimum atomic E-state index is 0.435. The van der Waals surface area contributed by atoms with Crippen LogP contribution in [0.25, 0.3) is 0 Å². The molecule has 0 aliphatic carbocycles. The molecule has 1 aliphatic heterocycles. The Morgan fingerprint density at radius 2 is 1.08 bits per heavy atom. The lowest BCUT2D eigenvalue weighted by Crippen LogP contribution is -2.16. The molecule has 0 bridgehead atoms. The van der Waals surface area contributed by atoms with Crippen LogP contribution in [0.2, 0.25) is 0 Å². The van der Waals surface area contributed by atoms with E-state index in [0.717, 1.165) is 5.56 Å². The minimum absolute atomic E-state index is 0.435. The van der Waals surface area contributed by atoms with Gasteiger partial charge in [0.25, 0.3) is 0 Å². The molecule has 0 aromatic heterocycles. The van der Waals surface area contributed by atoms with E-state index < -0.39 is 0 Å². The number of hydrogen-bond donors (Lipinski definition) is 1. The third-order valence-corrected chi connectivity index (χ3v) is 3.33. The zero-order chi connectivity index (χ0) is 16.9. The molecule has 136 valence electrons. The Bertz CT molecular complexity index is 457. The van der Waals surface area contributed by atoms with Gasteiger partial charge in [0, 0.05) is 6.54 Å². The summed E-state index contributed by atoms with van der Waals surface area (Å²) in [6, 6.07) is 5.69. The number of rotatable bonds is 1. The standard InChI is InChI=1S/C17H27NO6/c18-14-15-1-2-16-17(13-15)24-12-10-22-8-6-20-4-3-19-5-7-21-9-11-23-16/h1-2,13H,3-12,14,18H2. The first-order valence-corrected chi connectivity index (χ1v) is 8.29. The largest absolute Gasteiger partial charge is 0.487 e. The van der Waals surface area contributed by atoms with Crippen molar-refractivity contribution in [1.82, 2.24) is 0 Å². The summed E-state index contributed by atoms with van der Waals surface area (Å²) >= 11 is 0. The molecular weight excluding hydrogens is 314 g/mol.